The van der Waals surface area contributed by atoms with Gasteiger partial charge in [0.25, 0.3) is 5.91 Å². The van der Waals surface area contributed by atoms with E-state index in [-0.39, 0.29) is 5.91 Å². The zero-order valence-corrected chi connectivity index (χ0v) is 14.1. The van der Waals surface area contributed by atoms with E-state index in [9.17, 15) is 4.79 Å². The van der Waals surface area contributed by atoms with E-state index in [2.05, 4.69) is 15.7 Å². The number of hydrogen-bond acceptors (Lipinski definition) is 3. The minimum atomic E-state index is -0.117. The molecule has 2 N–H and O–H groups in total. The average Bonchev–Trinajstić information content (AvgIpc) is 3.14. The molecule has 6 nitrogen and oxygen atoms in total. The van der Waals surface area contributed by atoms with E-state index in [1.54, 1.807) is 0 Å². The van der Waals surface area contributed by atoms with Crippen LogP contribution in [0.5, 0.6) is 0 Å². The lowest BCUT2D eigenvalue weighted by Crippen LogP contribution is -2.28. The fraction of sp³-hybridized carbons (Fsp3) is 0.294. The van der Waals surface area contributed by atoms with Crippen LogP contribution in [0, 0.1) is 0 Å². The van der Waals surface area contributed by atoms with Crippen molar-refractivity contribution in [1.29, 1.82) is 0 Å². The molecule has 1 aliphatic rings. The molecule has 0 spiro atoms. The van der Waals surface area contributed by atoms with Crippen molar-refractivity contribution < 1.29 is 4.79 Å². The van der Waals surface area contributed by atoms with Crippen molar-refractivity contribution in [3.63, 3.8) is 0 Å². The van der Waals surface area contributed by atoms with Crippen LogP contribution in [0.4, 0.5) is 0 Å². The molecule has 0 fully saturated rings. The van der Waals surface area contributed by atoms with E-state index in [4.69, 9.17) is 11.6 Å². The Hall–Kier alpha value is -2.31. The SMILES string of the molecule is Cn1c(C(=O)NCc2cc3n(n2)CCNC3)cc2ccc(Cl)cc21. The van der Waals surface area contributed by atoms with Gasteiger partial charge in [-0.1, -0.05) is 17.7 Å². The molecule has 3 aromatic rings. The number of nitrogens with zero attached hydrogens (tertiary/aromatic N) is 3. The molecule has 0 aliphatic carbocycles. The van der Waals surface area contributed by atoms with E-state index < -0.39 is 0 Å². The first-order valence-electron chi connectivity index (χ1n) is 7.91. The van der Waals surface area contributed by atoms with Crippen LogP contribution in [0.1, 0.15) is 21.9 Å². The van der Waals surface area contributed by atoms with Gasteiger partial charge in [0.15, 0.2) is 0 Å². The normalized spacial score (nSPS) is 13.9. The van der Waals surface area contributed by atoms with Crippen molar-refractivity contribution >= 4 is 28.4 Å². The zero-order valence-electron chi connectivity index (χ0n) is 13.3. The summed E-state index contributed by atoms with van der Waals surface area (Å²) < 4.78 is 3.86. The summed E-state index contributed by atoms with van der Waals surface area (Å²) in [6.45, 7) is 3.04. The molecule has 0 radical (unpaired) electrons. The molecule has 1 aliphatic heterocycles. The van der Waals surface area contributed by atoms with Crippen LogP contribution in [0.25, 0.3) is 10.9 Å². The lowest BCUT2D eigenvalue weighted by atomic mass is 10.2. The summed E-state index contributed by atoms with van der Waals surface area (Å²) >= 11 is 6.04. The van der Waals surface area contributed by atoms with Gasteiger partial charge in [-0.3, -0.25) is 9.48 Å². The van der Waals surface area contributed by atoms with Gasteiger partial charge in [0.2, 0.25) is 0 Å². The third kappa shape index (κ3) is 2.68. The number of amides is 1. The molecule has 0 saturated carbocycles. The standard InChI is InChI=1S/C17H18ClN5O/c1-22-15-7-12(18)3-2-11(15)6-16(22)17(24)20-9-13-8-14-10-19-4-5-23(14)21-13/h2-3,6-8,19H,4-5,9-10H2,1H3,(H,20,24). The van der Waals surface area contributed by atoms with Crippen LogP contribution >= 0.6 is 11.6 Å². The van der Waals surface area contributed by atoms with E-state index in [1.165, 1.54) is 0 Å². The Bertz CT molecular complexity index is 903. The second-order valence-electron chi connectivity index (χ2n) is 6.00. The molecular formula is C17H18ClN5O. The van der Waals surface area contributed by atoms with E-state index in [0.717, 1.165) is 41.9 Å². The van der Waals surface area contributed by atoms with Crippen molar-refractivity contribution in [3.8, 4) is 0 Å². The summed E-state index contributed by atoms with van der Waals surface area (Å²) in [7, 11) is 1.87. The van der Waals surface area contributed by atoms with Crippen LogP contribution in [0.3, 0.4) is 0 Å². The molecule has 3 heterocycles. The van der Waals surface area contributed by atoms with Gasteiger partial charge in [-0.2, -0.15) is 5.10 Å². The number of benzene rings is 1. The maximum absolute atomic E-state index is 12.5. The Morgan fingerprint density at radius 2 is 2.25 bits per heavy atom. The molecule has 124 valence electrons. The monoisotopic (exact) mass is 343 g/mol. The van der Waals surface area contributed by atoms with Gasteiger partial charge < -0.3 is 15.2 Å². The molecule has 0 unspecified atom stereocenters. The van der Waals surface area contributed by atoms with Crippen molar-refractivity contribution in [2.75, 3.05) is 6.54 Å². The number of fused-ring (bicyclic) bond motifs is 2. The molecule has 1 amide bonds. The van der Waals surface area contributed by atoms with Crippen molar-refractivity contribution in [1.82, 2.24) is 25.0 Å². The molecule has 0 saturated heterocycles. The van der Waals surface area contributed by atoms with Gasteiger partial charge in [0.05, 0.1) is 24.5 Å². The largest absolute Gasteiger partial charge is 0.345 e. The number of carbonyl (C=O) groups is 1. The number of hydrogen-bond donors (Lipinski definition) is 2. The Morgan fingerprint density at radius 3 is 3.08 bits per heavy atom. The lowest BCUT2D eigenvalue weighted by molar-refractivity contribution is 0.0942. The number of aromatic nitrogens is 3. The number of nitrogens with one attached hydrogen (secondary N) is 2. The van der Waals surface area contributed by atoms with Crippen LogP contribution in [0.2, 0.25) is 5.02 Å². The first kappa shape index (κ1) is 15.2. The molecule has 0 bridgehead atoms. The Kier molecular flexibility index (Phi) is 3.78. The molecule has 24 heavy (non-hydrogen) atoms. The van der Waals surface area contributed by atoms with Gasteiger partial charge in [-0.05, 0) is 24.3 Å². The van der Waals surface area contributed by atoms with Gasteiger partial charge in [-0.15, -0.1) is 0 Å². The van der Waals surface area contributed by atoms with E-state index in [0.29, 0.717) is 17.3 Å². The number of carbonyl (C=O) groups excluding carboxylic acids is 1. The first-order valence-corrected chi connectivity index (χ1v) is 8.29. The Balaban J connectivity index is 1.52. The third-order valence-electron chi connectivity index (χ3n) is 4.39. The van der Waals surface area contributed by atoms with Crippen LogP contribution < -0.4 is 10.6 Å². The predicted molar refractivity (Wildman–Crippen MR) is 93.0 cm³/mol. The summed E-state index contributed by atoms with van der Waals surface area (Å²) in [6, 6.07) is 9.53. The number of rotatable bonds is 3. The lowest BCUT2D eigenvalue weighted by Gasteiger charge is -2.13. The average molecular weight is 344 g/mol. The molecule has 4 rings (SSSR count). The highest BCUT2D eigenvalue weighted by atomic mass is 35.5. The molecular weight excluding hydrogens is 326 g/mol. The van der Waals surface area contributed by atoms with Crippen molar-refractivity contribution in [3.05, 3.63) is 52.4 Å². The maximum Gasteiger partial charge on any atom is 0.268 e. The molecule has 7 heteroatoms. The van der Waals surface area contributed by atoms with Gasteiger partial charge in [0, 0.05) is 36.1 Å². The summed E-state index contributed by atoms with van der Waals surface area (Å²) in [5, 5.41) is 12.4. The fourth-order valence-corrected chi connectivity index (χ4v) is 3.29. The quantitative estimate of drug-likeness (QED) is 0.765. The highest BCUT2D eigenvalue weighted by Gasteiger charge is 2.15. The summed E-state index contributed by atoms with van der Waals surface area (Å²) in [4.78, 5) is 12.5. The summed E-state index contributed by atoms with van der Waals surface area (Å²) in [6.07, 6.45) is 0. The van der Waals surface area contributed by atoms with Crippen molar-refractivity contribution in [2.45, 2.75) is 19.6 Å². The number of aryl methyl sites for hydroxylation is 1. The van der Waals surface area contributed by atoms with Crippen LogP contribution in [-0.4, -0.2) is 26.8 Å². The fourth-order valence-electron chi connectivity index (χ4n) is 3.12. The first-order chi connectivity index (χ1) is 11.6. The predicted octanol–water partition coefficient (Wildman–Crippen LogP) is 2.06. The second kappa shape index (κ2) is 5.96. The summed E-state index contributed by atoms with van der Waals surface area (Å²) in [5.41, 5.74) is 3.59. The van der Waals surface area contributed by atoms with Crippen molar-refractivity contribution in [2.24, 2.45) is 7.05 Å². The van der Waals surface area contributed by atoms with Gasteiger partial charge in [-0.25, -0.2) is 0 Å². The smallest absolute Gasteiger partial charge is 0.268 e. The minimum Gasteiger partial charge on any atom is -0.345 e. The zero-order chi connectivity index (χ0) is 16.7. The minimum absolute atomic E-state index is 0.117. The molecule has 2 aromatic heterocycles. The van der Waals surface area contributed by atoms with Crippen LogP contribution in [-0.2, 0) is 26.7 Å². The van der Waals surface area contributed by atoms with Gasteiger partial charge >= 0.3 is 0 Å². The Morgan fingerprint density at radius 1 is 1.38 bits per heavy atom. The maximum atomic E-state index is 12.5. The van der Waals surface area contributed by atoms with Gasteiger partial charge in [0.1, 0.15) is 5.69 Å². The second-order valence-corrected chi connectivity index (χ2v) is 6.44. The van der Waals surface area contributed by atoms with E-state index >= 15 is 0 Å². The summed E-state index contributed by atoms with van der Waals surface area (Å²) in [5.74, 6) is -0.117. The topological polar surface area (TPSA) is 63.9 Å². The highest BCUT2D eigenvalue weighted by Crippen LogP contribution is 2.22. The number of halogens is 1. The molecule has 0 atom stereocenters. The Labute approximate surface area is 144 Å². The van der Waals surface area contributed by atoms with E-state index in [1.807, 2.05) is 46.6 Å². The van der Waals surface area contributed by atoms with Crippen LogP contribution in [0.15, 0.2) is 30.3 Å². The molecule has 1 aromatic carbocycles. The third-order valence-corrected chi connectivity index (χ3v) is 4.63. The highest BCUT2D eigenvalue weighted by molar-refractivity contribution is 6.31.